The number of alkyl halides is 1. The zero-order valence-electron chi connectivity index (χ0n) is 9.49. The molecule has 0 saturated heterocycles. The van der Waals surface area contributed by atoms with E-state index >= 15 is 0 Å². The Hall–Kier alpha value is 0.390. The minimum atomic E-state index is -2.98. The zero-order chi connectivity index (χ0) is 11.6. The molecule has 2 fully saturated rings. The fourth-order valence-corrected chi connectivity index (χ4v) is 4.77. The van der Waals surface area contributed by atoms with Gasteiger partial charge in [0.05, 0.1) is 5.25 Å². The second kappa shape index (κ2) is 5.36. The lowest BCUT2D eigenvalue weighted by molar-refractivity contribution is 0.263. The van der Waals surface area contributed by atoms with Crippen LogP contribution in [0.1, 0.15) is 38.5 Å². The SMILES string of the molecule is O=S(=O)(NCC1CCCCC1CBr)C1CC1. The molecule has 2 saturated carbocycles. The van der Waals surface area contributed by atoms with Gasteiger partial charge in [-0.05, 0) is 37.5 Å². The van der Waals surface area contributed by atoms with Gasteiger partial charge in [-0.15, -0.1) is 0 Å². The van der Waals surface area contributed by atoms with E-state index < -0.39 is 10.0 Å². The molecule has 2 rings (SSSR count). The standard InChI is InChI=1S/C11H20BrNO2S/c12-7-9-3-1-2-4-10(9)8-13-16(14,15)11-5-6-11/h9-11,13H,1-8H2. The Morgan fingerprint density at radius 2 is 1.69 bits per heavy atom. The van der Waals surface area contributed by atoms with Gasteiger partial charge in [0.25, 0.3) is 0 Å². The highest BCUT2D eigenvalue weighted by Gasteiger charge is 2.36. The molecule has 2 unspecified atom stereocenters. The van der Waals surface area contributed by atoms with Gasteiger partial charge in [-0.3, -0.25) is 0 Å². The van der Waals surface area contributed by atoms with Crippen molar-refractivity contribution in [1.29, 1.82) is 0 Å². The van der Waals surface area contributed by atoms with E-state index in [0.717, 1.165) is 18.2 Å². The van der Waals surface area contributed by atoms with E-state index in [1.165, 1.54) is 25.7 Å². The molecule has 94 valence electrons. The van der Waals surface area contributed by atoms with E-state index in [0.29, 0.717) is 18.4 Å². The van der Waals surface area contributed by atoms with Crippen molar-refractivity contribution in [3.8, 4) is 0 Å². The van der Waals surface area contributed by atoms with Crippen LogP contribution in [-0.4, -0.2) is 25.5 Å². The molecule has 0 radical (unpaired) electrons. The third-order valence-corrected chi connectivity index (χ3v) is 6.52. The first-order chi connectivity index (χ1) is 7.63. The van der Waals surface area contributed by atoms with Crippen LogP contribution in [0, 0.1) is 11.8 Å². The predicted molar refractivity (Wildman–Crippen MR) is 69.2 cm³/mol. The summed E-state index contributed by atoms with van der Waals surface area (Å²) >= 11 is 3.54. The molecule has 0 spiro atoms. The molecular weight excluding hydrogens is 290 g/mol. The number of rotatable bonds is 5. The number of hydrogen-bond donors (Lipinski definition) is 1. The highest BCUT2D eigenvalue weighted by molar-refractivity contribution is 9.09. The number of hydrogen-bond acceptors (Lipinski definition) is 2. The Morgan fingerprint density at radius 1 is 1.06 bits per heavy atom. The molecule has 2 aliphatic carbocycles. The van der Waals surface area contributed by atoms with Crippen molar-refractivity contribution >= 4 is 26.0 Å². The fourth-order valence-electron chi connectivity index (χ4n) is 2.48. The summed E-state index contributed by atoms with van der Waals surface area (Å²) in [7, 11) is -2.98. The maximum atomic E-state index is 11.7. The van der Waals surface area contributed by atoms with Gasteiger partial charge in [0.1, 0.15) is 0 Å². The normalized spacial score (nSPS) is 31.6. The summed E-state index contributed by atoms with van der Waals surface area (Å²) < 4.78 is 26.2. The lowest BCUT2D eigenvalue weighted by Crippen LogP contribution is -2.36. The quantitative estimate of drug-likeness (QED) is 0.792. The van der Waals surface area contributed by atoms with Gasteiger partial charge in [0.2, 0.25) is 10.0 Å². The van der Waals surface area contributed by atoms with Crippen LogP contribution in [0.15, 0.2) is 0 Å². The molecule has 0 aliphatic heterocycles. The van der Waals surface area contributed by atoms with Crippen molar-refractivity contribution < 1.29 is 8.42 Å². The van der Waals surface area contributed by atoms with Gasteiger partial charge in [0.15, 0.2) is 0 Å². The Bertz CT molecular complexity index is 327. The third kappa shape index (κ3) is 3.20. The van der Waals surface area contributed by atoms with Crippen molar-refractivity contribution in [3.63, 3.8) is 0 Å². The molecular formula is C11H20BrNO2S. The third-order valence-electron chi connectivity index (χ3n) is 3.77. The van der Waals surface area contributed by atoms with Gasteiger partial charge < -0.3 is 0 Å². The first-order valence-electron chi connectivity index (χ1n) is 6.18. The Kier molecular flexibility index (Phi) is 4.30. The topological polar surface area (TPSA) is 46.2 Å². The molecule has 0 aromatic rings. The van der Waals surface area contributed by atoms with Crippen LogP contribution in [0.25, 0.3) is 0 Å². The summed E-state index contributed by atoms with van der Waals surface area (Å²) in [5, 5.41) is 0.918. The molecule has 0 heterocycles. The van der Waals surface area contributed by atoms with Gasteiger partial charge in [-0.2, -0.15) is 0 Å². The summed E-state index contributed by atoms with van der Waals surface area (Å²) in [5.74, 6) is 1.18. The number of sulfonamides is 1. The second-order valence-electron chi connectivity index (χ2n) is 5.05. The van der Waals surface area contributed by atoms with Crippen LogP contribution in [0.2, 0.25) is 0 Å². The molecule has 16 heavy (non-hydrogen) atoms. The monoisotopic (exact) mass is 309 g/mol. The Labute approximate surface area is 107 Å². The fraction of sp³-hybridized carbons (Fsp3) is 1.00. The van der Waals surface area contributed by atoms with Crippen LogP contribution in [-0.2, 0) is 10.0 Å². The highest BCUT2D eigenvalue weighted by Crippen LogP contribution is 2.32. The smallest absolute Gasteiger partial charge is 0.214 e. The summed E-state index contributed by atoms with van der Waals surface area (Å²) in [6.07, 6.45) is 6.65. The minimum Gasteiger partial charge on any atom is -0.215 e. The largest absolute Gasteiger partial charge is 0.215 e. The molecule has 0 amide bonds. The van der Waals surface area contributed by atoms with Gasteiger partial charge >= 0.3 is 0 Å². The lowest BCUT2D eigenvalue weighted by atomic mass is 9.80. The van der Waals surface area contributed by atoms with Crippen LogP contribution in [0.4, 0.5) is 0 Å². The van der Waals surface area contributed by atoms with Crippen molar-refractivity contribution in [1.82, 2.24) is 4.72 Å². The average Bonchev–Trinajstić information content (AvgIpc) is 3.11. The van der Waals surface area contributed by atoms with Crippen molar-refractivity contribution in [2.45, 2.75) is 43.8 Å². The number of nitrogens with one attached hydrogen (secondary N) is 1. The Morgan fingerprint density at radius 3 is 2.25 bits per heavy atom. The molecule has 0 aromatic heterocycles. The van der Waals surface area contributed by atoms with E-state index in [1.807, 2.05) is 0 Å². The molecule has 0 bridgehead atoms. The highest BCUT2D eigenvalue weighted by atomic mass is 79.9. The van der Waals surface area contributed by atoms with E-state index in [-0.39, 0.29) is 5.25 Å². The number of halogens is 1. The van der Waals surface area contributed by atoms with Crippen LogP contribution < -0.4 is 4.72 Å². The van der Waals surface area contributed by atoms with Crippen molar-refractivity contribution in [2.24, 2.45) is 11.8 Å². The molecule has 2 atom stereocenters. The average molecular weight is 310 g/mol. The van der Waals surface area contributed by atoms with Crippen LogP contribution >= 0.6 is 15.9 Å². The van der Waals surface area contributed by atoms with Crippen LogP contribution in [0.5, 0.6) is 0 Å². The molecule has 5 heteroatoms. The van der Waals surface area contributed by atoms with Crippen molar-refractivity contribution in [3.05, 3.63) is 0 Å². The summed E-state index contributed by atoms with van der Waals surface area (Å²) in [4.78, 5) is 0. The summed E-state index contributed by atoms with van der Waals surface area (Å²) in [5.41, 5.74) is 0. The van der Waals surface area contributed by atoms with E-state index in [9.17, 15) is 8.42 Å². The van der Waals surface area contributed by atoms with Crippen LogP contribution in [0.3, 0.4) is 0 Å². The molecule has 3 nitrogen and oxygen atoms in total. The first-order valence-corrected chi connectivity index (χ1v) is 8.84. The van der Waals surface area contributed by atoms with Gasteiger partial charge in [-0.25, -0.2) is 13.1 Å². The maximum absolute atomic E-state index is 11.7. The Balaban J connectivity index is 1.83. The first kappa shape index (κ1) is 12.8. The van der Waals surface area contributed by atoms with Gasteiger partial charge in [0, 0.05) is 11.9 Å². The predicted octanol–water partition coefficient (Wildman–Crippen LogP) is 2.27. The van der Waals surface area contributed by atoms with E-state index in [4.69, 9.17) is 0 Å². The zero-order valence-corrected chi connectivity index (χ0v) is 11.9. The van der Waals surface area contributed by atoms with Crippen molar-refractivity contribution in [2.75, 3.05) is 11.9 Å². The molecule has 0 aromatic carbocycles. The second-order valence-corrected chi connectivity index (χ2v) is 7.74. The van der Waals surface area contributed by atoms with Gasteiger partial charge in [-0.1, -0.05) is 28.8 Å². The molecule has 2 aliphatic rings. The lowest BCUT2D eigenvalue weighted by Gasteiger charge is -2.30. The van der Waals surface area contributed by atoms with E-state index in [2.05, 4.69) is 20.7 Å². The molecule has 1 N–H and O–H groups in total. The van der Waals surface area contributed by atoms with E-state index in [1.54, 1.807) is 0 Å². The minimum absolute atomic E-state index is 0.0847. The summed E-state index contributed by atoms with van der Waals surface area (Å²) in [6.45, 7) is 0.648. The summed E-state index contributed by atoms with van der Waals surface area (Å²) in [6, 6.07) is 0. The maximum Gasteiger partial charge on any atom is 0.214 e.